The Bertz CT molecular complexity index is 704. The largest absolute Gasteiger partial charge is 0.333 e. The minimum absolute atomic E-state index is 0.0429. The SMILES string of the molecule is CC(C)Cc1ccc([C@@H](C)[NH2+]CC(=O)Nc2ccccc2C(C)C)cc1. The van der Waals surface area contributed by atoms with E-state index in [1.807, 2.05) is 18.2 Å². The minimum atomic E-state index is 0.0429. The van der Waals surface area contributed by atoms with Gasteiger partial charge in [0.25, 0.3) is 5.91 Å². The van der Waals surface area contributed by atoms with E-state index >= 15 is 0 Å². The molecule has 0 spiro atoms. The number of amides is 1. The number of hydrogen-bond donors (Lipinski definition) is 2. The number of anilines is 1. The molecule has 0 saturated carbocycles. The fraction of sp³-hybridized carbons (Fsp3) is 0.435. The lowest BCUT2D eigenvalue weighted by molar-refractivity contribution is -0.682. The monoisotopic (exact) mass is 353 g/mol. The Morgan fingerprint density at radius 2 is 1.62 bits per heavy atom. The molecule has 0 fully saturated rings. The van der Waals surface area contributed by atoms with Crippen molar-refractivity contribution in [1.82, 2.24) is 0 Å². The summed E-state index contributed by atoms with van der Waals surface area (Å²) in [5.41, 5.74) is 4.73. The highest BCUT2D eigenvalue weighted by Crippen LogP contribution is 2.23. The van der Waals surface area contributed by atoms with E-state index < -0.39 is 0 Å². The van der Waals surface area contributed by atoms with E-state index in [2.05, 4.69) is 75.6 Å². The molecule has 0 aromatic heterocycles. The van der Waals surface area contributed by atoms with Gasteiger partial charge in [0.05, 0.1) is 0 Å². The number of para-hydroxylation sites is 1. The lowest BCUT2D eigenvalue weighted by atomic mass is 10.00. The third kappa shape index (κ3) is 5.99. The zero-order chi connectivity index (χ0) is 19.1. The van der Waals surface area contributed by atoms with Gasteiger partial charge in [-0.3, -0.25) is 4.79 Å². The van der Waals surface area contributed by atoms with Gasteiger partial charge in [-0.2, -0.15) is 0 Å². The molecule has 1 amide bonds. The summed E-state index contributed by atoms with van der Waals surface area (Å²) < 4.78 is 0. The highest BCUT2D eigenvalue weighted by atomic mass is 16.1. The molecule has 26 heavy (non-hydrogen) atoms. The van der Waals surface area contributed by atoms with Crippen molar-refractivity contribution in [3.8, 4) is 0 Å². The van der Waals surface area contributed by atoms with Gasteiger partial charge in [-0.25, -0.2) is 0 Å². The second-order valence-electron chi connectivity index (χ2n) is 7.86. The van der Waals surface area contributed by atoms with Crippen molar-refractivity contribution in [2.45, 2.75) is 53.0 Å². The predicted octanol–water partition coefficient (Wildman–Crippen LogP) is 4.27. The van der Waals surface area contributed by atoms with Crippen LogP contribution in [0.2, 0.25) is 0 Å². The molecule has 2 aromatic carbocycles. The second kappa shape index (κ2) is 9.54. The maximum atomic E-state index is 12.4. The number of hydrogen-bond acceptors (Lipinski definition) is 1. The van der Waals surface area contributed by atoms with Gasteiger partial charge >= 0.3 is 0 Å². The molecule has 140 valence electrons. The average molecular weight is 354 g/mol. The number of nitrogens with one attached hydrogen (secondary N) is 1. The standard InChI is InChI=1S/C23H32N2O/c1-16(2)14-19-10-12-20(13-11-19)18(5)24-15-23(26)25-22-9-7-6-8-21(22)17(3)4/h6-13,16-18,24H,14-15H2,1-5H3,(H,25,26)/p+1/t18-/m1/s1. The molecule has 0 aliphatic carbocycles. The van der Waals surface area contributed by atoms with Crippen LogP contribution in [0.25, 0.3) is 0 Å². The number of carbonyl (C=O) groups excluding carboxylic acids is 1. The van der Waals surface area contributed by atoms with Crippen LogP contribution in [-0.2, 0) is 11.2 Å². The van der Waals surface area contributed by atoms with E-state index in [9.17, 15) is 4.79 Å². The normalized spacial score (nSPS) is 12.4. The highest BCUT2D eigenvalue weighted by Gasteiger charge is 2.14. The van der Waals surface area contributed by atoms with Gasteiger partial charge < -0.3 is 10.6 Å². The van der Waals surface area contributed by atoms with E-state index in [0.717, 1.165) is 12.1 Å². The Morgan fingerprint density at radius 3 is 2.23 bits per heavy atom. The van der Waals surface area contributed by atoms with Gasteiger partial charge in [0.15, 0.2) is 6.54 Å². The summed E-state index contributed by atoms with van der Waals surface area (Å²) >= 11 is 0. The van der Waals surface area contributed by atoms with E-state index in [1.54, 1.807) is 0 Å². The first kappa shape index (κ1) is 20.2. The number of carbonyl (C=O) groups is 1. The third-order valence-corrected chi connectivity index (χ3v) is 4.66. The molecular weight excluding hydrogens is 320 g/mol. The summed E-state index contributed by atoms with van der Waals surface area (Å²) in [6.07, 6.45) is 1.11. The number of rotatable bonds is 8. The van der Waals surface area contributed by atoms with Gasteiger partial charge in [0.1, 0.15) is 6.04 Å². The minimum Gasteiger partial charge on any atom is -0.333 e. The Morgan fingerprint density at radius 1 is 0.962 bits per heavy atom. The maximum Gasteiger partial charge on any atom is 0.279 e. The van der Waals surface area contributed by atoms with E-state index in [1.165, 1.54) is 16.7 Å². The van der Waals surface area contributed by atoms with E-state index in [4.69, 9.17) is 0 Å². The van der Waals surface area contributed by atoms with Crippen LogP contribution in [0.1, 0.15) is 63.3 Å². The Balaban J connectivity index is 1.89. The number of nitrogens with two attached hydrogens (primary N) is 1. The summed E-state index contributed by atoms with van der Waals surface area (Å²) in [7, 11) is 0. The van der Waals surface area contributed by atoms with Crippen molar-refractivity contribution in [3.05, 3.63) is 65.2 Å². The van der Waals surface area contributed by atoms with Crippen LogP contribution in [0.4, 0.5) is 5.69 Å². The average Bonchev–Trinajstić information content (AvgIpc) is 2.60. The van der Waals surface area contributed by atoms with Gasteiger partial charge in [-0.1, -0.05) is 70.2 Å². The molecule has 0 aliphatic rings. The zero-order valence-electron chi connectivity index (χ0n) is 16.8. The van der Waals surface area contributed by atoms with Gasteiger partial charge in [0, 0.05) is 11.3 Å². The molecule has 3 heteroatoms. The lowest BCUT2D eigenvalue weighted by Gasteiger charge is -2.15. The maximum absolute atomic E-state index is 12.4. The number of benzene rings is 2. The van der Waals surface area contributed by atoms with Gasteiger partial charge in [-0.15, -0.1) is 0 Å². The van der Waals surface area contributed by atoms with Crippen LogP contribution in [0.15, 0.2) is 48.5 Å². The van der Waals surface area contributed by atoms with Gasteiger partial charge in [-0.05, 0) is 42.4 Å². The molecular formula is C23H33N2O+. The summed E-state index contributed by atoms with van der Waals surface area (Å²) in [6, 6.07) is 17.1. The van der Waals surface area contributed by atoms with Crippen molar-refractivity contribution >= 4 is 11.6 Å². The first-order valence-corrected chi connectivity index (χ1v) is 9.67. The fourth-order valence-corrected chi connectivity index (χ4v) is 3.16. The summed E-state index contributed by atoms with van der Waals surface area (Å²) in [4.78, 5) is 12.4. The molecule has 0 radical (unpaired) electrons. The summed E-state index contributed by atoms with van der Waals surface area (Å²) in [5.74, 6) is 1.10. The van der Waals surface area contributed by atoms with E-state index in [-0.39, 0.29) is 11.9 Å². The van der Waals surface area contributed by atoms with Crippen molar-refractivity contribution < 1.29 is 10.1 Å². The Hall–Kier alpha value is -2.13. The second-order valence-corrected chi connectivity index (χ2v) is 7.86. The van der Waals surface area contributed by atoms with Crippen molar-refractivity contribution in [2.24, 2.45) is 5.92 Å². The van der Waals surface area contributed by atoms with Crippen LogP contribution < -0.4 is 10.6 Å². The van der Waals surface area contributed by atoms with Crippen molar-refractivity contribution in [1.29, 1.82) is 0 Å². The van der Waals surface area contributed by atoms with Crippen LogP contribution in [-0.4, -0.2) is 12.5 Å². The quantitative estimate of drug-likeness (QED) is 0.731. The highest BCUT2D eigenvalue weighted by molar-refractivity contribution is 5.92. The molecule has 1 atom stereocenters. The fourth-order valence-electron chi connectivity index (χ4n) is 3.16. The molecule has 2 aromatic rings. The predicted molar refractivity (Wildman–Crippen MR) is 109 cm³/mol. The Kier molecular flexibility index (Phi) is 7.40. The van der Waals surface area contributed by atoms with Crippen LogP contribution >= 0.6 is 0 Å². The van der Waals surface area contributed by atoms with Crippen LogP contribution in [0.5, 0.6) is 0 Å². The molecule has 0 unspecified atom stereocenters. The summed E-state index contributed by atoms with van der Waals surface area (Å²) in [6.45, 7) is 11.3. The van der Waals surface area contributed by atoms with Crippen molar-refractivity contribution in [2.75, 3.05) is 11.9 Å². The summed E-state index contributed by atoms with van der Waals surface area (Å²) in [5, 5.41) is 5.15. The molecule has 2 rings (SSSR count). The molecule has 0 bridgehead atoms. The third-order valence-electron chi connectivity index (χ3n) is 4.66. The smallest absolute Gasteiger partial charge is 0.279 e. The molecule has 3 nitrogen and oxygen atoms in total. The number of quaternary nitrogens is 1. The molecule has 0 heterocycles. The molecule has 0 aliphatic heterocycles. The molecule has 3 N–H and O–H groups in total. The van der Waals surface area contributed by atoms with Crippen LogP contribution in [0, 0.1) is 5.92 Å². The first-order valence-electron chi connectivity index (χ1n) is 9.67. The Labute approximate surface area is 158 Å². The first-order chi connectivity index (χ1) is 12.4. The van der Waals surface area contributed by atoms with Gasteiger partial charge in [0.2, 0.25) is 0 Å². The molecule has 0 saturated heterocycles. The van der Waals surface area contributed by atoms with Crippen molar-refractivity contribution in [3.63, 3.8) is 0 Å². The van der Waals surface area contributed by atoms with E-state index in [0.29, 0.717) is 18.4 Å². The zero-order valence-corrected chi connectivity index (χ0v) is 16.8. The topological polar surface area (TPSA) is 45.7 Å². The lowest BCUT2D eigenvalue weighted by Crippen LogP contribution is -2.86. The van der Waals surface area contributed by atoms with Crippen LogP contribution in [0.3, 0.4) is 0 Å².